The third kappa shape index (κ3) is 32.7. The molecule has 0 aliphatic rings. The van der Waals surface area contributed by atoms with Gasteiger partial charge in [-0.3, -0.25) is 4.57 Å². The Balaban J connectivity index is 0.000000185. The van der Waals surface area contributed by atoms with Crippen LogP contribution in [0.3, 0.4) is 0 Å². The Morgan fingerprint density at radius 1 is 0.290 bits per heavy atom. The van der Waals surface area contributed by atoms with Gasteiger partial charge in [-0.2, -0.15) is 0 Å². The van der Waals surface area contributed by atoms with Crippen LogP contribution in [0.4, 0.5) is 0 Å². The Labute approximate surface area is 871 Å². The summed E-state index contributed by atoms with van der Waals surface area (Å²) in [6.07, 6.45) is 7.92. The zero-order chi connectivity index (χ0) is 105. The van der Waals surface area contributed by atoms with Crippen molar-refractivity contribution >= 4 is 107 Å². The molecule has 16 aromatic rings. The molecular weight excluding hydrogens is 2020 g/mol. The van der Waals surface area contributed by atoms with Crippen LogP contribution < -0.4 is 9.47 Å². The number of hydrogen-bond donors (Lipinski definition) is 8. The summed E-state index contributed by atoms with van der Waals surface area (Å²) >= 11 is 14.2. The van der Waals surface area contributed by atoms with Gasteiger partial charge in [0.15, 0.2) is 0 Å². The van der Waals surface area contributed by atoms with Gasteiger partial charge in [0.2, 0.25) is 0 Å². The highest BCUT2D eigenvalue weighted by Crippen LogP contribution is 2.66. The normalized spacial score (nSPS) is 12.2. The number of halogens is 3. The lowest BCUT2D eigenvalue weighted by Gasteiger charge is -2.28. The van der Waals surface area contributed by atoms with Crippen molar-refractivity contribution < 1.29 is 97.5 Å². The SMILES string of the molecule is CCOP(=O)(OCC)C(c1ccccc1O)c1ccccc1OC.COc1ccc(O)c(C(C=O)c2ccccc2)c1.CSc1ccc(C(C=O)c2ccccc2O)cc1.Cc1ccc(C(C=O)c2ccccc2O)cc1.Cc1ccc(O)c(C(C=O)c2ccccc2)c1.O=CC(c1ccc(Br)cc1)c1ccccc1O.O=CC(c1ccccc1)c1cc(Br)ccc1O.O=CC(c1ccccc1)c1cc(Cl)ccc1O. The lowest BCUT2D eigenvalue weighted by Crippen LogP contribution is -2.10. The summed E-state index contributed by atoms with van der Waals surface area (Å²) in [6.45, 7) is 7.92. The molecule has 0 aromatic heterocycles. The number of aldehydes is 7. The Morgan fingerprint density at radius 3 is 0.924 bits per heavy atom. The second kappa shape index (κ2) is 59.1. The van der Waals surface area contributed by atoms with E-state index in [2.05, 4.69) is 31.9 Å². The molecule has 0 heterocycles. The molecule has 0 saturated heterocycles. The Kier molecular flexibility index (Phi) is 46.3. The quantitative estimate of drug-likeness (QED) is 0.0114. The number of para-hydroxylation sites is 5. The molecule has 0 aliphatic carbocycles. The number of carbonyl (C=O) groups excluding carboxylic acids is 7. The molecule has 0 radical (unpaired) electrons. The fourth-order valence-corrected chi connectivity index (χ4v) is 19.0. The van der Waals surface area contributed by atoms with E-state index in [-0.39, 0.29) is 59.2 Å². The maximum absolute atomic E-state index is 13.5. The lowest BCUT2D eigenvalue weighted by atomic mass is 9.91. The van der Waals surface area contributed by atoms with Crippen LogP contribution in [-0.4, -0.2) is 119 Å². The molecule has 744 valence electrons. The van der Waals surface area contributed by atoms with Crippen molar-refractivity contribution in [2.45, 2.75) is 79.7 Å². The molecule has 0 aliphatic heterocycles. The van der Waals surface area contributed by atoms with Gasteiger partial charge in [-0.25, -0.2) is 0 Å². The zero-order valence-electron chi connectivity index (χ0n) is 80.5. The highest BCUT2D eigenvalue weighted by molar-refractivity contribution is 9.10. The standard InChI is InChI=1S/C18H23O5P.C15H14O3.C15H14O2S.2C15H14O2.2C14H11BrO2.C14H11ClO2/c1-4-22-24(20,23-5-2)18(14-10-6-8-12-16(14)19)15-11-7-9-13-17(15)21-3;1-18-12-7-8-15(17)13(9-12)14(10-16)11-5-3-2-4-6-11;1-18-12-8-6-11(7-9-12)14(10-16)13-4-2-3-5-15(13)17;1-11-6-8-12(9-7-11)14(10-16)13-4-2-3-5-15(13)17;1-11-7-8-15(17)13(9-11)14(10-16)12-5-3-2-4-6-12;15-11-7-5-10(6-8-11)13(9-16)12-3-1-2-4-14(12)17;2*15-11-6-7-14(17)12(8-11)13(9-16)10-4-2-1-3-5-10/h6-13,18-19H,4-5H2,1-3H3;2*2-10,14,17H,1H3;2*2-10,14,17H,1H3;3*1-9,13,17H. The number of benzene rings is 16. The molecule has 0 spiro atoms. The fraction of sp³-hybridized carbons (Fsp3) is 0.142. The molecule has 16 aromatic carbocycles. The van der Waals surface area contributed by atoms with Gasteiger partial charge in [0, 0.05) is 68.9 Å². The van der Waals surface area contributed by atoms with Gasteiger partial charge in [-0.15, -0.1) is 11.8 Å². The summed E-state index contributed by atoms with van der Waals surface area (Å²) in [6, 6.07) is 115. The van der Waals surface area contributed by atoms with Gasteiger partial charge >= 0.3 is 7.60 Å². The number of aromatic hydroxyl groups is 8. The van der Waals surface area contributed by atoms with Gasteiger partial charge in [0.1, 0.15) is 107 Å². The molecule has 0 fully saturated rings. The molecule has 8 N–H and O–H groups in total. The minimum atomic E-state index is -3.58. The molecular formula is C120H112Br2ClO20PS. The van der Waals surface area contributed by atoms with Gasteiger partial charge in [0.25, 0.3) is 0 Å². The van der Waals surface area contributed by atoms with Crippen molar-refractivity contribution in [1.29, 1.82) is 0 Å². The predicted molar refractivity (Wildman–Crippen MR) is 579 cm³/mol. The monoisotopic (exact) mass is 2130 g/mol. The van der Waals surface area contributed by atoms with E-state index in [1.165, 1.54) is 12.1 Å². The van der Waals surface area contributed by atoms with Crippen LogP contribution in [0.2, 0.25) is 5.02 Å². The molecule has 0 saturated carbocycles. The minimum Gasteiger partial charge on any atom is -0.508 e. The van der Waals surface area contributed by atoms with Crippen LogP contribution in [0.1, 0.15) is 161 Å². The highest BCUT2D eigenvalue weighted by atomic mass is 79.9. The van der Waals surface area contributed by atoms with Crippen LogP contribution >= 0.6 is 62.8 Å². The van der Waals surface area contributed by atoms with Gasteiger partial charge in [0.05, 0.1) is 68.9 Å². The summed E-state index contributed by atoms with van der Waals surface area (Å²) in [5, 5.41) is 79.5. The van der Waals surface area contributed by atoms with E-state index >= 15 is 0 Å². The first-order valence-corrected chi connectivity index (χ1v) is 50.6. The third-order valence-electron chi connectivity index (χ3n) is 22.9. The van der Waals surface area contributed by atoms with Crippen molar-refractivity contribution in [3.05, 3.63) is 502 Å². The summed E-state index contributed by atoms with van der Waals surface area (Å²) in [5.41, 5.74) is 12.9. The van der Waals surface area contributed by atoms with E-state index in [1.807, 2.05) is 257 Å². The van der Waals surface area contributed by atoms with Crippen LogP contribution in [0, 0.1) is 13.8 Å². The Morgan fingerprint density at radius 2 is 0.566 bits per heavy atom. The second-order valence-corrected chi connectivity index (χ2v) is 37.6. The van der Waals surface area contributed by atoms with Crippen molar-refractivity contribution in [1.82, 2.24) is 0 Å². The van der Waals surface area contributed by atoms with Crippen LogP contribution in [0.5, 0.6) is 57.5 Å². The predicted octanol–water partition coefficient (Wildman–Crippen LogP) is 27.3. The minimum absolute atomic E-state index is 0.0352. The topological polar surface area (TPSA) is 335 Å². The second-order valence-electron chi connectivity index (χ2n) is 32.3. The number of phenolic OH excluding ortho intramolecular Hbond substituents is 8. The van der Waals surface area contributed by atoms with Crippen LogP contribution in [0.15, 0.2) is 402 Å². The summed E-state index contributed by atoms with van der Waals surface area (Å²) in [7, 11) is -0.482. The number of thioether (sulfide) groups is 1. The maximum atomic E-state index is 13.5. The first-order chi connectivity index (χ1) is 70.2. The Hall–Kier alpha value is -15.0. The first-order valence-electron chi connectivity index (χ1n) is 45.8. The van der Waals surface area contributed by atoms with Crippen LogP contribution in [0.25, 0.3) is 0 Å². The van der Waals surface area contributed by atoms with E-state index < -0.39 is 54.7 Å². The van der Waals surface area contributed by atoms with Gasteiger partial charge in [-0.1, -0.05) is 328 Å². The molecule has 0 amide bonds. The fourth-order valence-electron chi connectivity index (χ4n) is 15.5. The smallest absolute Gasteiger partial charge is 0.342 e. The Bertz CT molecular complexity index is 6510. The number of aryl methyl sites for hydroxylation is 2. The van der Waals surface area contributed by atoms with Crippen molar-refractivity contribution in [2.75, 3.05) is 33.7 Å². The summed E-state index contributed by atoms with van der Waals surface area (Å²) in [4.78, 5) is 79.9. The molecule has 16 rings (SSSR count). The zero-order valence-corrected chi connectivity index (χ0v) is 86.1. The number of ether oxygens (including phenoxy) is 2. The molecule has 0 bridgehead atoms. The summed E-state index contributed by atoms with van der Waals surface area (Å²) in [5.74, 6) is -0.924. The van der Waals surface area contributed by atoms with E-state index in [4.69, 9.17) is 30.1 Å². The average Bonchev–Trinajstić information content (AvgIpc) is 0.767. The van der Waals surface area contributed by atoms with E-state index in [0.29, 0.717) is 66.6 Å². The largest absolute Gasteiger partial charge is 0.508 e. The first kappa shape index (κ1) is 114. The van der Waals surface area contributed by atoms with E-state index in [0.717, 1.165) is 108 Å². The van der Waals surface area contributed by atoms with Crippen LogP contribution in [-0.2, 0) is 47.2 Å². The van der Waals surface area contributed by atoms with Crippen molar-refractivity contribution in [2.24, 2.45) is 0 Å². The third-order valence-corrected chi connectivity index (χ3v) is 27.3. The number of phenols is 8. The van der Waals surface area contributed by atoms with Crippen molar-refractivity contribution in [3.8, 4) is 57.5 Å². The van der Waals surface area contributed by atoms with E-state index in [1.54, 1.807) is 179 Å². The van der Waals surface area contributed by atoms with Crippen molar-refractivity contribution in [3.63, 3.8) is 0 Å². The molecule has 8 atom stereocenters. The molecule has 8 unspecified atom stereocenters. The number of rotatable bonds is 31. The number of methoxy groups -OCH3 is 2. The summed E-state index contributed by atoms with van der Waals surface area (Å²) < 4.78 is 37.0. The molecule has 20 nitrogen and oxygen atoms in total. The van der Waals surface area contributed by atoms with E-state index in [9.17, 15) is 79.0 Å². The van der Waals surface area contributed by atoms with Gasteiger partial charge in [-0.05, 0) is 188 Å². The average molecular weight is 2130 g/mol. The molecule has 25 heteroatoms. The number of carbonyl (C=O) groups is 7. The highest BCUT2D eigenvalue weighted by Gasteiger charge is 2.41. The van der Waals surface area contributed by atoms with Gasteiger partial charge < -0.3 is 92.9 Å². The lowest BCUT2D eigenvalue weighted by molar-refractivity contribution is -0.109. The maximum Gasteiger partial charge on any atom is 0.342 e. The number of hydrogen-bond acceptors (Lipinski definition) is 21. The molecule has 145 heavy (non-hydrogen) atoms.